The summed E-state index contributed by atoms with van der Waals surface area (Å²) in [4.78, 5) is -0.716. The summed E-state index contributed by atoms with van der Waals surface area (Å²) in [6.07, 6.45) is 0. The number of hydrogen-bond acceptors (Lipinski definition) is 5. The number of aliphatic hydroxyl groups is 2. The molecule has 0 radical (unpaired) electrons. The van der Waals surface area contributed by atoms with E-state index in [1.165, 1.54) is 6.92 Å². The number of hydrogen-bond donors (Lipinski definition) is 4. The highest BCUT2D eigenvalue weighted by molar-refractivity contribution is 7.89. The Hall–Kier alpha value is -0.930. The molecule has 1 aromatic carbocycles. The Bertz CT molecular complexity index is 577. The van der Waals surface area contributed by atoms with Gasteiger partial charge in [-0.25, -0.2) is 17.5 Å². The lowest BCUT2D eigenvalue weighted by molar-refractivity contribution is 0.00680. The van der Waals surface area contributed by atoms with E-state index in [0.29, 0.717) is 0 Å². The molecule has 9 heteroatoms. The Morgan fingerprint density at radius 2 is 2.11 bits per heavy atom. The molecule has 1 aromatic rings. The number of aliphatic hydroxyl groups excluding tert-OH is 1. The van der Waals surface area contributed by atoms with E-state index in [0.717, 1.165) is 12.1 Å². The van der Waals surface area contributed by atoms with E-state index in [1.54, 1.807) is 0 Å². The van der Waals surface area contributed by atoms with Crippen LogP contribution in [-0.2, 0) is 10.0 Å². The molecule has 0 aliphatic carbocycles. The largest absolute Gasteiger partial charge is 0.396 e. The van der Waals surface area contributed by atoms with Gasteiger partial charge in [0.05, 0.1) is 17.9 Å². The molecule has 0 amide bonds. The molecule has 19 heavy (non-hydrogen) atoms. The van der Waals surface area contributed by atoms with Crippen LogP contribution in [0.4, 0.5) is 10.1 Å². The number of nitrogens with two attached hydrogens (primary N) is 1. The molecular weight excluding hydrogens is 299 g/mol. The Labute approximate surface area is 115 Å². The summed E-state index contributed by atoms with van der Waals surface area (Å²) in [5.74, 6) is -1.12. The van der Waals surface area contributed by atoms with Crippen LogP contribution in [0.3, 0.4) is 0 Å². The lowest BCUT2D eigenvalue weighted by Gasteiger charge is -2.20. The van der Waals surface area contributed by atoms with Crippen molar-refractivity contribution < 1.29 is 23.0 Å². The number of sulfonamides is 1. The maximum absolute atomic E-state index is 13.7. The molecule has 0 heterocycles. The lowest BCUT2D eigenvalue weighted by Crippen LogP contribution is -2.43. The monoisotopic (exact) mass is 312 g/mol. The topological polar surface area (TPSA) is 113 Å². The van der Waals surface area contributed by atoms with Gasteiger partial charge in [0, 0.05) is 11.6 Å². The Morgan fingerprint density at radius 3 is 2.63 bits per heavy atom. The Kier molecular flexibility index (Phi) is 4.75. The van der Waals surface area contributed by atoms with Crippen LogP contribution in [0.2, 0.25) is 5.02 Å². The van der Waals surface area contributed by atoms with Crippen LogP contribution in [0, 0.1) is 5.82 Å². The third-order valence-corrected chi connectivity index (χ3v) is 3.92. The lowest BCUT2D eigenvalue weighted by atomic mass is 10.1. The minimum Gasteiger partial charge on any atom is -0.396 e. The van der Waals surface area contributed by atoms with Gasteiger partial charge in [-0.3, -0.25) is 0 Å². The van der Waals surface area contributed by atoms with Crippen molar-refractivity contribution in [1.82, 2.24) is 4.72 Å². The number of anilines is 1. The van der Waals surface area contributed by atoms with E-state index in [2.05, 4.69) is 0 Å². The molecule has 0 spiro atoms. The van der Waals surface area contributed by atoms with E-state index in [-0.39, 0.29) is 5.02 Å². The zero-order valence-electron chi connectivity index (χ0n) is 10.0. The molecule has 0 fully saturated rings. The van der Waals surface area contributed by atoms with Crippen LogP contribution in [0.1, 0.15) is 6.92 Å². The first-order valence-corrected chi connectivity index (χ1v) is 7.02. The van der Waals surface area contributed by atoms with Gasteiger partial charge in [0.25, 0.3) is 0 Å². The summed E-state index contributed by atoms with van der Waals surface area (Å²) in [5, 5.41) is 18.3. The average Bonchev–Trinajstić information content (AvgIpc) is 2.31. The van der Waals surface area contributed by atoms with Crippen LogP contribution in [0.25, 0.3) is 0 Å². The predicted octanol–water partition coefficient (Wildman–Crippen LogP) is 0.0829. The molecule has 1 rings (SSSR count). The van der Waals surface area contributed by atoms with Crippen molar-refractivity contribution in [2.24, 2.45) is 0 Å². The Morgan fingerprint density at radius 1 is 1.53 bits per heavy atom. The molecular formula is C10H14ClFN2O4S. The third kappa shape index (κ3) is 4.02. The van der Waals surface area contributed by atoms with E-state index in [1.807, 2.05) is 4.72 Å². The second kappa shape index (κ2) is 5.59. The third-order valence-electron chi connectivity index (χ3n) is 2.31. The molecule has 0 aliphatic rings. The number of nitrogen functional groups attached to an aromatic ring is 1. The van der Waals surface area contributed by atoms with Crippen molar-refractivity contribution in [3.05, 3.63) is 23.0 Å². The second-order valence-electron chi connectivity index (χ2n) is 4.29. The molecule has 0 aromatic heterocycles. The summed E-state index contributed by atoms with van der Waals surface area (Å²) < 4.78 is 39.4. The molecule has 1 atom stereocenters. The van der Waals surface area contributed by atoms with E-state index >= 15 is 0 Å². The van der Waals surface area contributed by atoms with Crippen molar-refractivity contribution in [1.29, 1.82) is 0 Å². The molecule has 6 nitrogen and oxygen atoms in total. The molecule has 0 aliphatic heterocycles. The standard InChI is InChI=1S/C10H14ClFN2O4S/c1-10(16,5-15)4-14-19(17,18)8-3-6(11)2-7(13)9(8)12/h2-3,14-16H,4-5,13H2,1H3. The number of benzene rings is 1. The molecule has 0 saturated carbocycles. The van der Waals surface area contributed by atoms with Crippen LogP contribution in [-0.4, -0.2) is 37.4 Å². The summed E-state index contributed by atoms with van der Waals surface area (Å²) >= 11 is 5.62. The first kappa shape index (κ1) is 16.1. The van der Waals surface area contributed by atoms with Crippen molar-refractivity contribution >= 4 is 27.3 Å². The molecule has 0 bridgehead atoms. The summed E-state index contributed by atoms with van der Waals surface area (Å²) in [6.45, 7) is 0.0750. The van der Waals surface area contributed by atoms with Gasteiger partial charge in [0.2, 0.25) is 10.0 Å². The number of halogens is 2. The quantitative estimate of drug-likeness (QED) is 0.575. The van der Waals surface area contributed by atoms with Crippen LogP contribution in [0.5, 0.6) is 0 Å². The van der Waals surface area contributed by atoms with Crippen molar-refractivity contribution in [2.45, 2.75) is 17.4 Å². The smallest absolute Gasteiger partial charge is 0.243 e. The Balaban J connectivity index is 3.08. The predicted molar refractivity (Wildman–Crippen MR) is 68.7 cm³/mol. The first-order chi connectivity index (χ1) is 8.59. The van der Waals surface area contributed by atoms with E-state index in [9.17, 15) is 17.9 Å². The number of rotatable bonds is 5. The van der Waals surface area contributed by atoms with Crippen molar-refractivity contribution in [3.8, 4) is 0 Å². The van der Waals surface area contributed by atoms with Gasteiger partial charge >= 0.3 is 0 Å². The normalized spacial score (nSPS) is 15.2. The van der Waals surface area contributed by atoms with Crippen LogP contribution in [0.15, 0.2) is 17.0 Å². The van der Waals surface area contributed by atoms with Gasteiger partial charge < -0.3 is 15.9 Å². The van der Waals surface area contributed by atoms with Gasteiger partial charge in [-0.1, -0.05) is 11.6 Å². The minimum atomic E-state index is -4.24. The first-order valence-electron chi connectivity index (χ1n) is 5.16. The van der Waals surface area contributed by atoms with Gasteiger partial charge in [-0.05, 0) is 19.1 Å². The van der Waals surface area contributed by atoms with Crippen molar-refractivity contribution in [3.63, 3.8) is 0 Å². The maximum Gasteiger partial charge on any atom is 0.243 e. The highest BCUT2D eigenvalue weighted by atomic mass is 35.5. The molecule has 0 saturated heterocycles. The van der Waals surface area contributed by atoms with Crippen molar-refractivity contribution in [2.75, 3.05) is 18.9 Å². The summed E-state index contributed by atoms with van der Waals surface area (Å²) in [7, 11) is -4.24. The van der Waals surface area contributed by atoms with Gasteiger partial charge in [-0.2, -0.15) is 0 Å². The fraction of sp³-hybridized carbons (Fsp3) is 0.400. The maximum atomic E-state index is 13.7. The fourth-order valence-corrected chi connectivity index (χ4v) is 2.75. The van der Waals surface area contributed by atoms with Gasteiger partial charge in [-0.15, -0.1) is 0 Å². The second-order valence-corrected chi connectivity index (χ2v) is 6.46. The highest BCUT2D eigenvalue weighted by Gasteiger charge is 2.26. The minimum absolute atomic E-state index is 0.0341. The zero-order chi connectivity index (χ0) is 14.8. The van der Waals surface area contributed by atoms with Gasteiger partial charge in [0.15, 0.2) is 5.82 Å². The zero-order valence-corrected chi connectivity index (χ0v) is 11.6. The molecule has 1 unspecified atom stereocenters. The SMILES string of the molecule is CC(O)(CO)CNS(=O)(=O)c1cc(Cl)cc(N)c1F. The molecule has 5 N–H and O–H groups in total. The summed E-state index contributed by atoms with van der Waals surface area (Å²) in [5.41, 5.74) is 3.23. The average molecular weight is 313 g/mol. The molecule has 108 valence electrons. The fourth-order valence-electron chi connectivity index (χ4n) is 1.16. The highest BCUT2D eigenvalue weighted by Crippen LogP contribution is 2.25. The van der Waals surface area contributed by atoms with E-state index < -0.39 is 45.2 Å². The van der Waals surface area contributed by atoms with E-state index in [4.69, 9.17) is 22.4 Å². The summed E-state index contributed by atoms with van der Waals surface area (Å²) in [6, 6.07) is 1.99. The van der Waals surface area contributed by atoms with Gasteiger partial charge in [0.1, 0.15) is 4.90 Å². The number of nitrogens with one attached hydrogen (secondary N) is 1. The van der Waals surface area contributed by atoms with Crippen LogP contribution >= 0.6 is 11.6 Å². The van der Waals surface area contributed by atoms with Crippen LogP contribution < -0.4 is 10.5 Å².